The second-order valence-corrected chi connectivity index (χ2v) is 9.18. The second kappa shape index (κ2) is 7.67. The molecular formula is C16H20N4O4S2. The summed E-state index contributed by atoms with van der Waals surface area (Å²) in [5.41, 5.74) is 0.783. The zero-order valence-electron chi connectivity index (χ0n) is 14.5. The van der Waals surface area contributed by atoms with Gasteiger partial charge in [0.15, 0.2) is 15.0 Å². The number of benzene rings is 1. The number of carbonyl (C=O) groups excluding carboxylic acids is 1. The number of nitrogens with zero attached hydrogens (tertiary/aromatic N) is 4. The zero-order valence-corrected chi connectivity index (χ0v) is 16.2. The molecule has 1 amide bonds. The van der Waals surface area contributed by atoms with E-state index in [0.29, 0.717) is 17.3 Å². The van der Waals surface area contributed by atoms with Gasteiger partial charge >= 0.3 is 0 Å². The molecule has 140 valence electrons. The molecule has 3 rings (SSSR count). The molecule has 0 radical (unpaired) electrons. The summed E-state index contributed by atoms with van der Waals surface area (Å²) in [6.07, 6.45) is 2.06. The van der Waals surface area contributed by atoms with Gasteiger partial charge in [-0.1, -0.05) is 23.9 Å². The Labute approximate surface area is 156 Å². The van der Waals surface area contributed by atoms with Crippen LogP contribution in [0.4, 0.5) is 0 Å². The van der Waals surface area contributed by atoms with Crippen LogP contribution in [0.5, 0.6) is 5.75 Å². The van der Waals surface area contributed by atoms with Gasteiger partial charge in [0.2, 0.25) is 5.91 Å². The number of amides is 1. The molecule has 0 aliphatic carbocycles. The van der Waals surface area contributed by atoms with E-state index in [4.69, 9.17) is 4.74 Å². The number of sulfone groups is 1. The fourth-order valence-electron chi connectivity index (χ4n) is 2.83. The summed E-state index contributed by atoms with van der Waals surface area (Å²) in [6.45, 7) is 0. The van der Waals surface area contributed by atoms with Crippen LogP contribution in [0.1, 0.15) is 6.42 Å². The van der Waals surface area contributed by atoms with Crippen LogP contribution in [0.15, 0.2) is 35.7 Å². The molecule has 2 aromatic rings. The van der Waals surface area contributed by atoms with Crippen LogP contribution in [0, 0.1) is 0 Å². The molecule has 1 aliphatic heterocycles. The number of hydrogen-bond acceptors (Lipinski definition) is 7. The fraction of sp³-hybridized carbons (Fsp3) is 0.438. The van der Waals surface area contributed by atoms with Gasteiger partial charge in [-0.15, -0.1) is 10.2 Å². The number of aromatic nitrogens is 3. The molecule has 0 spiro atoms. The topological polar surface area (TPSA) is 94.4 Å². The van der Waals surface area contributed by atoms with Crippen molar-refractivity contribution < 1.29 is 17.9 Å². The molecule has 0 saturated carbocycles. The van der Waals surface area contributed by atoms with Gasteiger partial charge in [-0.3, -0.25) is 9.36 Å². The molecule has 8 nitrogen and oxygen atoms in total. The number of carbonyl (C=O) groups is 1. The second-order valence-electron chi connectivity index (χ2n) is 6.01. The number of rotatable bonds is 6. The van der Waals surface area contributed by atoms with Crippen molar-refractivity contribution in [2.45, 2.75) is 17.6 Å². The number of hydrogen-bond donors (Lipinski definition) is 0. The predicted octanol–water partition coefficient (Wildman–Crippen LogP) is 1.01. The van der Waals surface area contributed by atoms with Crippen molar-refractivity contribution in [1.82, 2.24) is 19.7 Å². The maximum absolute atomic E-state index is 12.4. The van der Waals surface area contributed by atoms with Gasteiger partial charge in [-0.2, -0.15) is 0 Å². The quantitative estimate of drug-likeness (QED) is 0.673. The number of thioether (sulfide) groups is 1. The molecule has 26 heavy (non-hydrogen) atoms. The van der Waals surface area contributed by atoms with Gasteiger partial charge in [0.05, 0.1) is 30.1 Å². The maximum Gasteiger partial charge on any atom is 0.233 e. The monoisotopic (exact) mass is 396 g/mol. The first-order valence-corrected chi connectivity index (χ1v) is 10.8. The molecule has 1 aliphatic rings. The molecule has 1 saturated heterocycles. The smallest absolute Gasteiger partial charge is 0.233 e. The van der Waals surface area contributed by atoms with Gasteiger partial charge in [-0.25, -0.2) is 8.42 Å². The van der Waals surface area contributed by atoms with Gasteiger partial charge < -0.3 is 9.64 Å². The number of para-hydroxylation sites is 2. The van der Waals surface area contributed by atoms with E-state index in [9.17, 15) is 13.2 Å². The highest BCUT2D eigenvalue weighted by Crippen LogP contribution is 2.27. The fourth-order valence-corrected chi connectivity index (χ4v) is 5.45. The van der Waals surface area contributed by atoms with E-state index in [1.54, 1.807) is 25.1 Å². The van der Waals surface area contributed by atoms with Crippen LogP contribution in [-0.2, 0) is 14.6 Å². The molecule has 2 heterocycles. The minimum Gasteiger partial charge on any atom is -0.495 e. The van der Waals surface area contributed by atoms with Crippen LogP contribution in [0.2, 0.25) is 0 Å². The van der Waals surface area contributed by atoms with Crippen LogP contribution in [0.3, 0.4) is 0 Å². The van der Waals surface area contributed by atoms with E-state index >= 15 is 0 Å². The standard InChI is InChI=1S/C16H20N4O4S2/c1-19(12-7-8-26(22,23)10-12)15(21)9-25-16-18-17-11-20(16)13-5-3-4-6-14(13)24-2/h3-6,11-12H,7-10H2,1-2H3/t12-/m1/s1. The lowest BCUT2D eigenvalue weighted by atomic mass is 10.2. The van der Waals surface area contributed by atoms with Crippen LogP contribution in [-0.4, -0.2) is 71.4 Å². The molecule has 10 heteroatoms. The summed E-state index contributed by atoms with van der Waals surface area (Å²) in [4.78, 5) is 14.0. The summed E-state index contributed by atoms with van der Waals surface area (Å²) >= 11 is 1.26. The highest BCUT2D eigenvalue weighted by Gasteiger charge is 2.32. The Morgan fingerprint density at radius 3 is 2.88 bits per heavy atom. The Kier molecular flexibility index (Phi) is 5.52. The third-order valence-corrected chi connectivity index (χ3v) is 7.01. The highest BCUT2D eigenvalue weighted by atomic mass is 32.2. The molecule has 0 bridgehead atoms. The molecule has 1 aromatic carbocycles. The van der Waals surface area contributed by atoms with Crippen molar-refractivity contribution in [1.29, 1.82) is 0 Å². The van der Waals surface area contributed by atoms with Gasteiger partial charge in [0.1, 0.15) is 12.1 Å². The molecule has 1 aromatic heterocycles. The highest BCUT2D eigenvalue weighted by molar-refractivity contribution is 7.99. The Bertz CT molecular complexity index is 897. The average Bonchev–Trinajstić information content (AvgIpc) is 3.24. The summed E-state index contributed by atoms with van der Waals surface area (Å²) < 4.78 is 30.3. The van der Waals surface area contributed by atoms with E-state index in [1.807, 2.05) is 24.3 Å². The maximum atomic E-state index is 12.4. The summed E-state index contributed by atoms with van der Waals surface area (Å²) in [5.74, 6) is 0.878. The van der Waals surface area contributed by atoms with E-state index < -0.39 is 9.84 Å². The minimum absolute atomic E-state index is 0.0390. The Hall–Kier alpha value is -2.07. The van der Waals surface area contributed by atoms with Gasteiger partial charge in [0, 0.05) is 13.1 Å². The number of methoxy groups -OCH3 is 1. The Morgan fingerprint density at radius 1 is 1.42 bits per heavy atom. The van der Waals surface area contributed by atoms with Crippen LogP contribution in [0.25, 0.3) is 5.69 Å². The zero-order chi connectivity index (χ0) is 18.7. The molecular weight excluding hydrogens is 376 g/mol. The SMILES string of the molecule is COc1ccccc1-n1cnnc1SCC(=O)N(C)[C@@H]1CCS(=O)(=O)C1. The van der Waals surface area contributed by atoms with Crippen molar-refractivity contribution in [3.05, 3.63) is 30.6 Å². The molecule has 0 unspecified atom stereocenters. The first-order chi connectivity index (χ1) is 12.4. The predicted molar refractivity (Wildman–Crippen MR) is 98.5 cm³/mol. The first kappa shape index (κ1) is 18.7. The lowest BCUT2D eigenvalue weighted by molar-refractivity contribution is -0.128. The molecule has 1 atom stereocenters. The van der Waals surface area contributed by atoms with Crippen molar-refractivity contribution in [3.63, 3.8) is 0 Å². The van der Waals surface area contributed by atoms with Crippen molar-refractivity contribution in [2.24, 2.45) is 0 Å². The average molecular weight is 396 g/mol. The normalized spacial score (nSPS) is 18.6. The number of ether oxygens (including phenoxy) is 1. The van der Waals surface area contributed by atoms with E-state index in [-0.39, 0.29) is 29.2 Å². The van der Waals surface area contributed by atoms with E-state index in [0.717, 1.165) is 5.69 Å². The van der Waals surface area contributed by atoms with E-state index in [2.05, 4.69) is 10.2 Å². The Balaban J connectivity index is 1.68. The van der Waals surface area contributed by atoms with Gasteiger partial charge in [-0.05, 0) is 18.6 Å². The lowest BCUT2D eigenvalue weighted by Crippen LogP contribution is -2.38. The third kappa shape index (κ3) is 4.01. The summed E-state index contributed by atoms with van der Waals surface area (Å²) in [6, 6.07) is 7.21. The summed E-state index contributed by atoms with van der Waals surface area (Å²) in [5, 5.41) is 8.56. The first-order valence-electron chi connectivity index (χ1n) is 8.03. The van der Waals surface area contributed by atoms with Crippen molar-refractivity contribution >= 4 is 27.5 Å². The van der Waals surface area contributed by atoms with E-state index in [1.165, 1.54) is 16.7 Å². The molecule has 1 fully saturated rings. The Morgan fingerprint density at radius 2 is 2.19 bits per heavy atom. The summed E-state index contributed by atoms with van der Waals surface area (Å²) in [7, 11) is 0.216. The van der Waals surface area contributed by atoms with Crippen LogP contribution >= 0.6 is 11.8 Å². The van der Waals surface area contributed by atoms with Crippen molar-refractivity contribution in [2.75, 3.05) is 31.4 Å². The minimum atomic E-state index is -3.02. The van der Waals surface area contributed by atoms with Crippen molar-refractivity contribution in [3.8, 4) is 11.4 Å². The van der Waals surface area contributed by atoms with Crippen LogP contribution < -0.4 is 4.74 Å². The largest absolute Gasteiger partial charge is 0.495 e. The lowest BCUT2D eigenvalue weighted by Gasteiger charge is -2.23. The van der Waals surface area contributed by atoms with Gasteiger partial charge in [0.25, 0.3) is 0 Å². The molecule has 0 N–H and O–H groups in total. The third-order valence-electron chi connectivity index (χ3n) is 4.34.